The van der Waals surface area contributed by atoms with Crippen LogP contribution >= 0.6 is 0 Å². The molecule has 2 aromatic rings. The normalized spacial score (nSPS) is 30.3. The minimum Gasteiger partial charge on any atom is -0.466 e. The van der Waals surface area contributed by atoms with Crippen LogP contribution in [0.1, 0.15) is 25.0 Å². The lowest BCUT2D eigenvalue weighted by Gasteiger charge is -2.39. The van der Waals surface area contributed by atoms with Gasteiger partial charge in [-0.05, 0) is 49.4 Å². The van der Waals surface area contributed by atoms with Crippen molar-refractivity contribution in [3.63, 3.8) is 0 Å². The molecule has 0 unspecified atom stereocenters. The van der Waals surface area contributed by atoms with E-state index in [-0.39, 0.29) is 23.3 Å². The highest BCUT2D eigenvalue weighted by atomic mass is 32.2. The van der Waals surface area contributed by atoms with Crippen molar-refractivity contribution in [2.75, 3.05) is 13.1 Å². The predicted molar refractivity (Wildman–Crippen MR) is 88.6 cm³/mol. The Morgan fingerprint density at radius 3 is 2.72 bits per heavy atom. The molecule has 134 valence electrons. The second-order valence-electron chi connectivity index (χ2n) is 6.91. The topological polar surface area (TPSA) is 70.8 Å². The van der Waals surface area contributed by atoms with Gasteiger partial charge in [-0.15, -0.1) is 0 Å². The van der Waals surface area contributed by atoms with Gasteiger partial charge in [-0.2, -0.15) is 4.31 Å². The summed E-state index contributed by atoms with van der Waals surface area (Å²) in [4.78, 5) is -0.310. The van der Waals surface area contributed by atoms with E-state index in [1.807, 2.05) is 0 Å². The van der Waals surface area contributed by atoms with Gasteiger partial charge < -0.3 is 9.52 Å². The van der Waals surface area contributed by atoms with Crippen LogP contribution < -0.4 is 0 Å². The summed E-state index contributed by atoms with van der Waals surface area (Å²) in [6.45, 7) is 0.461. The molecule has 0 spiro atoms. The number of nitrogens with zero attached hydrogens (tertiary/aromatic N) is 1. The van der Waals surface area contributed by atoms with E-state index in [0.29, 0.717) is 18.7 Å². The molecule has 25 heavy (non-hydrogen) atoms. The summed E-state index contributed by atoms with van der Waals surface area (Å²) in [5.74, 6) is -0.495. The number of hydrogen-bond acceptors (Lipinski definition) is 4. The van der Waals surface area contributed by atoms with Crippen molar-refractivity contribution in [2.24, 2.45) is 11.8 Å². The van der Waals surface area contributed by atoms with Crippen molar-refractivity contribution in [1.29, 1.82) is 0 Å². The first-order valence-corrected chi connectivity index (χ1v) is 9.88. The maximum atomic E-state index is 14.0. The van der Waals surface area contributed by atoms with Gasteiger partial charge in [0.1, 0.15) is 22.1 Å². The maximum absolute atomic E-state index is 14.0. The van der Waals surface area contributed by atoms with Gasteiger partial charge in [0.2, 0.25) is 10.0 Å². The number of rotatable bonds is 3. The molecule has 1 aliphatic carbocycles. The zero-order chi connectivity index (χ0) is 17.7. The number of hydrogen-bond donors (Lipinski definition) is 1. The highest BCUT2D eigenvalue weighted by Crippen LogP contribution is 2.49. The third-order valence-electron chi connectivity index (χ3n) is 5.56. The number of fused-ring (bicyclic) bond motifs is 1. The molecule has 2 aliphatic rings. The number of sulfonamides is 1. The van der Waals surface area contributed by atoms with Gasteiger partial charge in [0.25, 0.3) is 0 Å². The van der Waals surface area contributed by atoms with Gasteiger partial charge in [0.05, 0.1) is 6.26 Å². The van der Waals surface area contributed by atoms with Crippen LogP contribution in [0.4, 0.5) is 4.39 Å². The first-order valence-electron chi connectivity index (χ1n) is 8.44. The zero-order valence-corrected chi connectivity index (χ0v) is 14.5. The molecule has 0 radical (unpaired) electrons. The van der Waals surface area contributed by atoms with E-state index in [1.165, 1.54) is 28.8 Å². The van der Waals surface area contributed by atoms with Gasteiger partial charge in [0.15, 0.2) is 0 Å². The van der Waals surface area contributed by atoms with E-state index in [1.54, 1.807) is 12.1 Å². The summed E-state index contributed by atoms with van der Waals surface area (Å²) in [6.07, 6.45) is 3.69. The average Bonchev–Trinajstić information content (AvgIpc) is 3.26. The Morgan fingerprint density at radius 1 is 1.20 bits per heavy atom. The highest BCUT2D eigenvalue weighted by Gasteiger charge is 2.53. The van der Waals surface area contributed by atoms with E-state index < -0.39 is 21.4 Å². The molecule has 1 saturated carbocycles. The first kappa shape index (κ1) is 16.8. The van der Waals surface area contributed by atoms with Crippen LogP contribution in [0.2, 0.25) is 0 Å². The van der Waals surface area contributed by atoms with Crippen molar-refractivity contribution in [1.82, 2.24) is 4.31 Å². The second-order valence-corrected chi connectivity index (χ2v) is 8.82. The molecule has 3 atom stereocenters. The lowest BCUT2D eigenvalue weighted by Crippen LogP contribution is -2.42. The van der Waals surface area contributed by atoms with Crippen LogP contribution in [0, 0.1) is 17.7 Å². The molecule has 1 saturated heterocycles. The van der Waals surface area contributed by atoms with Crippen molar-refractivity contribution < 1.29 is 22.3 Å². The van der Waals surface area contributed by atoms with Crippen LogP contribution in [0.3, 0.4) is 0 Å². The summed E-state index contributed by atoms with van der Waals surface area (Å²) in [5.41, 5.74) is -1.17. The molecular weight excluding hydrogens is 345 g/mol. The lowest BCUT2D eigenvalue weighted by molar-refractivity contribution is -0.0795. The summed E-state index contributed by atoms with van der Waals surface area (Å²) >= 11 is 0. The molecule has 1 N–H and O–H groups in total. The van der Waals surface area contributed by atoms with E-state index in [2.05, 4.69) is 0 Å². The Bertz CT molecular complexity index is 867. The molecule has 1 aliphatic heterocycles. The molecule has 4 rings (SSSR count). The van der Waals surface area contributed by atoms with Gasteiger partial charge in [-0.25, -0.2) is 12.8 Å². The summed E-state index contributed by atoms with van der Waals surface area (Å²) in [7, 11) is -3.93. The molecule has 7 heteroatoms. The summed E-state index contributed by atoms with van der Waals surface area (Å²) in [6, 6.07) is 8.86. The van der Waals surface area contributed by atoms with Crippen molar-refractivity contribution in [3.05, 3.63) is 54.2 Å². The number of halogens is 1. The molecule has 2 heterocycles. The lowest BCUT2D eigenvalue weighted by atomic mass is 9.69. The fraction of sp³-hybridized carbons (Fsp3) is 0.444. The van der Waals surface area contributed by atoms with Crippen LogP contribution in [0.15, 0.2) is 52.0 Å². The van der Waals surface area contributed by atoms with Gasteiger partial charge in [0, 0.05) is 19.0 Å². The monoisotopic (exact) mass is 365 g/mol. The fourth-order valence-corrected chi connectivity index (χ4v) is 5.89. The SMILES string of the molecule is O=S(=O)(c1ccccc1F)N1C[C@H]2CCC[C@](O)(c3ccco3)[C@@H]2C1. The van der Waals surface area contributed by atoms with Crippen LogP contribution in [-0.2, 0) is 15.6 Å². The van der Waals surface area contributed by atoms with Crippen LogP contribution in [-0.4, -0.2) is 30.9 Å². The molecule has 1 aromatic carbocycles. The van der Waals surface area contributed by atoms with Crippen molar-refractivity contribution in [2.45, 2.75) is 29.8 Å². The van der Waals surface area contributed by atoms with E-state index in [0.717, 1.165) is 18.9 Å². The van der Waals surface area contributed by atoms with Crippen molar-refractivity contribution >= 4 is 10.0 Å². The average molecular weight is 365 g/mol. The molecule has 2 fully saturated rings. The Labute approximate surface area is 146 Å². The Balaban J connectivity index is 1.67. The maximum Gasteiger partial charge on any atom is 0.246 e. The van der Waals surface area contributed by atoms with E-state index >= 15 is 0 Å². The Kier molecular flexibility index (Phi) is 3.97. The third kappa shape index (κ3) is 2.61. The van der Waals surface area contributed by atoms with Crippen LogP contribution in [0.25, 0.3) is 0 Å². The molecule has 5 nitrogen and oxygen atoms in total. The number of furan rings is 1. The molecule has 0 bridgehead atoms. The number of aliphatic hydroxyl groups is 1. The smallest absolute Gasteiger partial charge is 0.246 e. The summed E-state index contributed by atoms with van der Waals surface area (Å²) < 4.78 is 46.5. The quantitative estimate of drug-likeness (QED) is 0.908. The number of benzene rings is 1. The zero-order valence-electron chi connectivity index (χ0n) is 13.6. The Morgan fingerprint density at radius 2 is 2.00 bits per heavy atom. The highest BCUT2D eigenvalue weighted by molar-refractivity contribution is 7.89. The van der Waals surface area contributed by atoms with Gasteiger partial charge in [-0.1, -0.05) is 12.1 Å². The predicted octanol–water partition coefficient (Wildman–Crippen LogP) is 2.73. The minimum absolute atomic E-state index is 0.0328. The first-order chi connectivity index (χ1) is 11.9. The molecular formula is C18H20FNO4S. The van der Waals surface area contributed by atoms with E-state index in [9.17, 15) is 17.9 Å². The minimum atomic E-state index is -3.93. The molecule has 0 amide bonds. The standard InChI is InChI=1S/C18H20FNO4S/c19-15-6-1-2-7-16(15)25(22,23)20-11-13-5-3-9-18(21,14(13)12-20)17-8-4-10-24-17/h1-2,4,6-8,10,13-14,21H,3,5,9,11-12H2/t13-,14-,18-/m1/s1. The van der Waals surface area contributed by atoms with Gasteiger partial charge >= 0.3 is 0 Å². The van der Waals surface area contributed by atoms with Crippen molar-refractivity contribution in [3.8, 4) is 0 Å². The third-order valence-corrected chi connectivity index (χ3v) is 7.42. The second kappa shape index (κ2) is 5.93. The van der Waals surface area contributed by atoms with Crippen LogP contribution in [0.5, 0.6) is 0 Å². The Hall–Kier alpha value is -1.70. The fourth-order valence-electron chi connectivity index (χ4n) is 4.30. The largest absolute Gasteiger partial charge is 0.466 e. The van der Waals surface area contributed by atoms with Gasteiger partial charge in [-0.3, -0.25) is 0 Å². The summed E-state index contributed by atoms with van der Waals surface area (Å²) in [5, 5.41) is 11.2. The molecule has 1 aromatic heterocycles. The van der Waals surface area contributed by atoms with E-state index in [4.69, 9.17) is 4.42 Å².